The number of aryl methyl sites for hydroxylation is 1. The third kappa shape index (κ3) is 5.52. The summed E-state index contributed by atoms with van der Waals surface area (Å²) in [7, 11) is 3.27. The van der Waals surface area contributed by atoms with Gasteiger partial charge in [0, 0.05) is 37.2 Å². The van der Waals surface area contributed by atoms with E-state index in [0.29, 0.717) is 59.1 Å². The molecule has 0 saturated heterocycles. The highest BCUT2D eigenvalue weighted by atomic mass is 19.1. The summed E-state index contributed by atoms with van der Waals surface area (Å²) in [6.07, 6.45) is 4.94. The molecule has 2 aromatic heterocycles. The second-order valence-corrected chi connectivity index (χ2v) is 9.15. The average Bonchev–Trinajstić information content (AvgIpc) is 3.44. The summed E-state index contributed by atoms with van der Waals surface area (Å²) in [5.74, 6) is 0.257. The minimum Gasteiger partial charge on any atom is -0.482 e. The molecule has 0 amide bonds. The number of aliphatic imine (C=N–C) groups is 1. The van der Waals surface area contributed by atoms with Gasteiger partial charge in [-0.05, 0) is 38.6 Å². The lowest BCUT2D eigenvalue weighted by atomic mass is 10.0. The molecule has 0 saturated carbocycles. The number of nitrogens with zero attached hydrogens (tertiary/aromatic N) is 5. The maximum Gasteiger partial charge on any atom is 0.220 e. The van der Waals surface area contributed by atoms with Gasteiger partial charge in [0.1, 0.15) is 11.9 Å². The van der Waals surface area contributed by atoms with Crippen LogP contribution in [0.3, 0.4) is 0 Å². The standard InChI is InChI=1S/C26H34FN7O3/c1-6-34-12-16(3)37-26-20(11-29-33(26)4)18-9-19-22(31-32-23(19)10-21(18)27)8-7-17(25(28)36-5)24(13-34)30-15(2)14-35/h7-11,15-16,35H,6,12-14,28H2,1-5H3,(H,31,32)/b8-7+,25-17+,30-24?/t15-,16+/m0/s1. The van der Waals surface area contributed by atoms with Crippen molar-refractivity contribution >= 4 is 22.7 Å². The number of allylic oxidation sites excluding steroid dienone is 1. The number of aromatic amines is 1. The Morgan fingerprint density at radius 2 is 2.16 bits per heavy atom. The molecule has 1 aliphatic heterocycles. The lowest BCUT2D eigenvalue weighted by Crippen LogP contribution is -2.38. The van der Waals surface area contributed by atoms with E-state index in [2.05, 4.69) is 20.2 Å². The summed E-state index contributed by atoms with van der Waals surface area (Å²) >= 11 is 0. The Balaban J connectivity index is 1.95. The third-order valence-corrected chi connectivity index (χ3v) is 6.35. The number of aliphatic hydroxyl groups is 1. The molecule has 2 bridgehead atoms. The van der Waals surface area contributed by atoms with Gasteiger partial charge in [0.25, 0.3) is 0 Å². The molecular formula is C26H34FN7O3. The monoisotopic (exact) mass is 511 g/mol. The molecule has 4 rings (SSSR count). The quantitative estimate of drug-likeness (QED) is 0.460. The van der Waals surface area contributed by atoms with E-state index in [1.54, 1.807) is 36.1 Å². The van der Waals surface area contributed by atoms with Crippen LogP contribution in [0.4, 0.5) is 4.39 Å². The summed E-state index contributed by atoms with van der Waals surface area (Å²) in [5.41, 5.74) is 9.59. The summed E-state index contributed by atoms with van der Waals surface area (Å²) in [4.78, 5) is 6.91. The molecule has 3 aromatic rings. The molecule has 10 nitrogen and oxygen atoms in total. The molecule has 3 heterocycles. The fourth-order valence-electron chi connectivity index (χ4n) is 4.35. The number of rotatable bonds is 4. The average molecular weight is 512 g/mol. The largest absolute Gasteiger partial charge is 0.482 e. The number of likely N-dealkylation sites (N-methyl/N-ethyl adjacent to an activating group) is 1. The van der Waals surface area contributed by atoms with Crippen molar-refractivity contribution in [3.8, 4) is 17.0 Å². The number of halogens is 1. The van der Waals surface area contributed by atoms with E-state index in [1.807, 2.05) is 20.8 Å². The number of H-pyrrole nitrogens is 1. The lowest BCUT2D eigenvalue weighted by molar-refractivity contribution is 0.149. The maximum absolute atomic E-state index is 15.2. The van der Waals surface area contributed by atoms with E-state index in [9.17, 15) is 5.11 Å². The van der Waals surface area contributed by atoms with E-state index in [0.717, 1.165) is 5.39 Å². The van der Waals surface area contributed by atoms with Crippen LogP contribution in [0.5, 0.6) is 5.88 Å². The molecule has 198 valence electrons. The van der Waals surface area contributed by atoms with Gasteiger partial charge in [-0.15, -0.1) is 0 Å². The Morgan fingerprint density at radius 1 is 1.38 bits per heavy atom. The van der Waals surface area contributed by atoms with Gasteiger partial charge in [-0.3, -0.25) is 15.0 Å². The van der Waals surface area contributed by atoms with Gasteiger partial charge in [0.2, 0.25) is 5.88 Å². The minimum absolute atomic E-state index is 0.110. The lowest BCUT2D eigenvalue weighted by Gasteiger charge is -2.26. The molecule has 0 unspecified atom stereocenters. The SMILES string of the molecule is CCN1CC(=N[C@@H](C)CO)C(=C(\N)OC)/C=C/c2n[nH]c3cc(F)c(cc23)-c2cnn(C)c2O[C@H](C)C1. The number of aliphatic hydroxyl groups excluding tert-OH is 1. The van der Waals surface area contributed by atoms with Gasteiger partial charge in [-0.2, -0.15) is 10.2 Å². The Hall–Kier alpha value is -3.70. The topological polar surface area (TPSA) is 127 Å². The predicted molar refractivity (Wildman–Crippen MR) is 142 cm³/mol. The Kier molecular flexibility index (Phi) is 7.94. The number of methoxy groups -OCH3 is 1. The normalized spacial score (nSPS) is 21.3. The van der Waals surface area contributed by atoms with Crippen LogP contribution in [0.15, 0.2) is 40.9 Å². The number of benzene rings is 1. The van der Waals surface area contributed by atoms with Crippen molar-refractivity contribution in [1.82, 2.24) is 24.9 Å². The van der Waals surface area contributed by atoms with E-state index in [4.69, 9.17) is 20.2 Å². The summed E-state index contributed by atoms with van der Waals surface area (Å²) < 4.78 is 28.6. The Labute approximate surface area is 215 Å². The van der Waals surface area contributed by atoms with Crippen molar-refractivity contribution in [2.75, 3.05) is 33.4 Å². The Morgan fingerprint density at radius 3 is 2.86 bits per heavy atom. The van der Waals surface area contributed by atoms with Gasteiger partial charge in [0.05, 0.1) is 54.0 Å². The second-order valence-electron chi connectivity index (χ2n) is 9.15. The first-order chi connectivity index (χ1) is 17.7. The van der Waals surface area contributed by atoms with Gasteiger partial charge < -0.3 is 20.3 Å². The molecule has 11 heteroatoms. The fourth-order valence-corrected chi connectivity index (χ4v) is 4.35. The van der Waals surface area contributed by atoms with Crippen LogP contribution in [-0.2, 0) is 11.8 Å². The zero-order valence-corrected chi connectivity index (χ0v) is 21.8. The van der Waals surface area contributed by atoms with Gasteiger partial charge in [-0.25, -0.2) is 9.07 Å². The van der Waals surface area contributed by atoms with Gasteiger partial charge >= 0.3 is 0 Å². The predicted octanol–water partition coefficient (Wildman–Crippen LogP) is 2.86. The van der Waals surface area contributed by atoms with Crippen LogP contribution >= 0.6 is 0 Å². The zero-order valence-electron chi connectivity index (χ0n) is 21.8. The minimum atomic E-state index is -0.409. The van der Waals surface area contributed by atoms with Crippen LogP contribution in [0.2, 0.25) is 0 Å². The van der Waals surface area contributed by atoms with Crippen molar-refractivity contribution in [3.63, 3.8) is 0 Å². The Bertz CT molecular complexity index is 1360. The number of nitrogens with one attached hydrogen (secondary N) is 1. The number of hydrogen-bond donors (Lipinski definition) is 3. The first-order valence-electron chi connectivity index (χ1n) is 12.2. The number of ether oxygens (including phenoxy) is 2. The maximum atomic E-state index is 15.2. The zero-order chi connectivity index (χ0) is 26.7. The molecular weight excluding hydrogens is 477 g/mol. The molecule has 0 spiro atoms. The number of nitrogens with two attached hydrogens (primary N) is 1. The summed E-state index contributed by atoms with van der Waals surface area (Å²) in [6.45, 7) is 7.42. The molecule has 0 fully saturated rings. The molecule has 4 N–H and O–H groups in total. The fraction of sp³-hybridized carbons (Fsp3) is 0.423. The summed E-state index contributed by atoms with van der Waals surface area (Å²) in [5, 5.41) is 22.0. The first kappa shape index (κ1) is 26.4. The van der Waals surface area contributed by atoms with Gasteiger partial charge in [0.15, 0.2) is 5.88 Å². The van der Waals surface area contributed by atoms with Crippen LogP contribution in [0, 0.1) is 5.82 Å². The molecule has 0 radical (unpaired) electrons. The van der Waals surface area contributed by atoms with Crippen LogP contribution in [-0.4, -0.2) is 81.2 Å². The second kappa shape index (κ2) is 11.1. The van der Waals surface area contributed by atoms with Crippen molar-refractivity contribution in [2.45, 2.75) is 32.9 Å². The van der Waals surface area contributed by atoms with Gasteiger partial charge in [-0.1, -0.05) is 6.92 Å². The highest BCUT2D eigenvalue weighted by Crippen LogP contribution is 2.35. The first-order valence-corrected chi connectivity index (χ1v) is 12.2. The molecule has 37 heavy (non-hydrogen) atoms. The molecule has 0 aliphatic carbocycles. The summed E-state index contributed by atoms with van der Waals surface area (Å²) in [6, 6.07) is 2.82. The van der Waals surface area contributed by atoms with E-state index in [1.165, 1.54) is 13.2 Å². The third-order valence-electron chi connectivity index (χ3n) is 6.35. The molecule has 2 atom stereocenters. The van der Waals surface area contributed by atoms with Crippen LogP contribution < -0.4 is 10.5 Å². The highest BCUT2D eigenvalue weighted by Gasteiger charge is 2.23. The van der Waals surface area contributed by atoms with E-state index < -0.39 is 5.82 Å². The van der Waals surface area contributed by atoms with Crippen molar-refractivity contribution in [1.29, 1.82) is 0 Å². The number of fused-ring (bicyclic) bond motifs is 3. The molecule has 1 aromatic carbocycles. The van der Waals surface area contributed by atoms with E-state index >= 15 is 4.39 Å². The smallest absolute Gasteiger partial charge is 0.220 e. The molecule has 1 aliphatic rings. The van der Waals surface area contributed by atoms with E-state index in [-0.39, 0.29) is 24.6 Å². The van der Waals surface area contributed by atoms with Crippen molar-refractivity contribution in [2.24, 2.45) is 17.8 Å². The highest BCUT2D eigenvalue weighted by molar-refractivity contribution is 6.05. The number of hydrogen-bond acceptors (Lipinski definition) is 8. The number of aromatic nitrogens is 4. The van der Waals surface area contributed by atoms with Crippen molar-refractivity contribution in [3.05, 3.63) is 47.4 Å². The van der Waals surface area contributed by atoms with Crippen LogP contribution in [0.1, 0.15) is 26.5 Å². The van der Waals surface area contributed by atoms with Crippen LogP contribution in [0.25, 0.3) is 28.1 Å². The van der Waals surface area contributed by atoms with Crippen molar-refractivity contribution < 1.29 is 19.0 Å².